The molecule has 0 radical (unpaired) electrons. The van der Waals surface area contributed by atoms with E-state index < -0.39 is 0 Å². The summed E-state index contributed by atoms with van der Waals surface area (Å²) in [5, 5.41) is 1.22. The maximum absolute atomic E-state index is 6.24. The zero-order valence-corrected chi connectivity index (χ0v) is 12.7. The van der Waals surface area contributed by atoms with Crippen LogP contribution >= 0.6 is 39.1 Å². The molecule has 19 heavy (non-hydrogen) atoms. The summed E-state index contributed by atoms with van der Waals surface area (Å²) in [6.07, 6.45) is 0. The molecule has 3 rings (SSSR count). The van der Waals surface area contributed by atoms with E-state index in [0.29, 0.717) is 16.0 Å². The number of aromatic nitrogens is 2. The molecular weight excluding hydrogens is 349 g/mol. The van der Waals surface area contributed by atoms with Crippen LogP contribution in [-0.2, 0) is 0 Å². The molecular formula is C13H8BrCl2N3. The molecule has 96 valence electrons. The molecule has 2 N–H and O–H groups in total. The number of nitrogens with zero attached hydrogens (tertiary/aromatic N) is 2. The first-order chi connectivity index (χ1) is 9.06. The van der Waals surface area contributed by atoms with Crippen LogP contribution in [0, 0.1) is 0 Å². The minimum absolute atomic E-state index is 0.372. The van der Waals surface area contributed by atoms with Crippen LogP contribution in [-0.4, -0.2) is 9.55 Å². The molecule has 6 heteroatoms. The van der Waals surface area contributed by atoms with E-state index in [1.54, 1.807) is 16.7 Å². The van der Waals surface area contributed by atoms with Gasteiger partial charge >= 0.3 is 0 Å². The van der Waals surface area contributed by atoms with Crippen molar-refractivity contribution in [3.05, 3.63) is 50.9 Å². The standard InChI is InChI=1S/C13H8BrCl2N3/c14-7-1-3-9(16)12(5-7)19-11-4-2-8(15)6-10(11)18-13(19)17/h1-6H,(H2,17,18). The third-order valence-electron chi connectivity index (χ3n) is 2.79. The topological polar surface area (TPSA) is 43.8 Å². The van der Waals surface area contributed by atoms with Gasteiger partial charge in [0, 0.05) is 9.50 Å². The molecule has 3 aromatic rings. The number of nitrogen functional groups attached to an aromatic ring is 1. The van der Waals surface area contributed by atoms with Crippen molar-refractivity contribution in [1.82, 2.24) is 9.55 Å². The minimum atomic E-state index is 0.372. The zero-order chi connectivity index (χ0) is 13.6. The van der Waals surface area contributed by atoms with Crippen LogP contribution in [0.4, 0.5) is 5.95 Å². The predicted molar refractivity (Wildman–Crippen MR) is 83.2 cm³/mol. The highest BCUT2D eigenvalue weighted by Crippen LogP contribution is 2.31. The molecule has 0 atom stereocenters. The second kappa shape index (κ2) is 4.71. The van der Waals surface area contributed by atoms with Crippen LogP contribution in [0.2, 0.25) is 10.0 Å². The number of hydrogen-bond donors (Lipinski definition) is 1. The third kappa shape index (κ3) is 2.20. The van der Waals surface area contributed by atoms with Gasteiger partial charge in [0.2, 0.25) is 5.95 Å². The number of fused-ring (bicyclic) bond motifs is 1. The SMILES string of the molecule is Nc1nc2cc(Cl)ccc2n1-c1cc(Br)ccc1Cl. The normalized spacial score (nSPS) is 11.1. The summed E-state index contributed by atoms with van der Waals surface area (Å²) in [6, 6.07) is 11.0. The van der Waals surface area contributed by atoms with Gasteiger partial charge in [-0.25, -0.2) is 4.98 Å². The van der Waals surface area contributed by atoms with Crippen molar-refractivity contribution < 1.29 is 0 Å². The second-order valence-corrected chi connectivity index (χ2v) is 5.79. The molecule has 0 unspecified atom stereocenters. The van der Waals surface area contributed by atoms with Crippen LogP contribution in [0.25, 0.3) is 16.7 Å². The molecule has 0 saturated carbocycles. The fraction of sp³-hybridized carbons (Fsp3) is 0. The zero-order valence-electron chi connectivity index (χ0n) is 9.57. The fourth-order valence-electron chi connectivity index (χ4n) is 1.98. The van der Waals surface area contributed by atoms with Gasteiger partial charge in [-0.15, -0.1) is 0 Å². The first kappa shape index (κ1) is 12.8. The maximum Gasteiger partial charge on any atom is 0.205 e. The summed E-state index contributed by atoms with van der Waals surface area (Å²) >= 11 is 15.6. The van der Waals surface area contributed by atoms with Gasteiger partial charge in [0.15, 0.2) is 0 Å². The molecule has 1 aromatic heterocycles. The van der Waals surface area contributed by atoms with E-state index in [2.05, 4.69) is 20.9 Å². The summed E-state index contributed by atoms with van der Waals surface area (Å²) in [7, 11) is 0. The van der Waals surface area contributed by atoms with E-state index in [-0.39, 0.29) is 0 Å². The Morgan fingerprint density at radius 3 is 2.68 bits per heavy atom. The Balaban J connectivity index is 2.36. The summed E-state index contributed by atoms with van der Waals surface area (Å²) in [5.74, 6) is 0.372. The van der Waals surface area contributed by atoms with Crippen molar-refractivity contribution in [2.45, 2.75) is 0 Å². The van der Waals surface area contributed by atoms with Crippen molar-refractivity contribution in [3.63, 3.8) is 0 Å². The van der Waals surface area contributed by atoms with Crippen LogP contribution < -0.4 is 5.73 Å². The lowest BCUT2D eigenvalue weighted by Crippen LogP contribution is -2.01. The smallest absolute Gasteiger partial charge is 0.205 e. The molecule has 0 spiro atoms. The molecule has 0 aliphatic carbocycles. The van der Waals surface area contributed by atoms with Crippen LogP contribution in [0.15, 0.2) is 40.9 Å². The molecule has 0 aliphatic rings. The highest BCUT2D eigenvalue weighted by atomic mass is 79.9. The van der Waals surface area contributed by atoms with Gasteiger partial charge < -0.3 is 5.73 Å². The van der Waals surface area contributed by atoms with Gasteiger partial charge in [-0.05, 0) is 36.4 Å². The summed E-state index contributed by atoms with van der Waals surface area (Å²) in [5.41, 5.74) is 8.37. The Morgan fingerprint density at radius 1 is 1.11 bits per heavy atom. The van der Waals surface area contributed by atoms with Crippen molar-refractivity contribution in [3.8, 4) is 5.69 Å². The highest BCUT2D eigenvalue weighted by Gasteiger charge is 2.13. The van der Waals surface area contributed by atoms with E-state index in [4.69, 9.17) is 28.9 Å². The van der Waals surface area contributed by atoms with Crippen molar-refractivity contribution in [2.75, 3.05) is 5.73 Å². The molecule has 0 bridgehead atoms. The first-order valence-corrected chi connectivity index (χ1v) is 7.00. The number of rotatable bonds is 1. The Hall–Kier alpha value is -1.23. The summed E-state index contributed by atoms with van der Waals surface area (Å²) in [6.45, 7) is 0. The Bertz CT molecular complexity index is 783. The predicted octanol–water partition coefficient (Wildman–Crippen LogP) is 4.68. The average molecular weight is 357 g/mol. The van der Waals surface area contributed by atoms with Crippen molar-refractivity contribution in [2.24, 2.45) is 0 Å². The third-order valence-corrected chi connectivity index (χ3v) is 3.84. The number of anilines is 1. The number of halogens is 3. The molecule has 2 aromatic carbocycles. The quantitative estimate of drug-likeness (QED) is 0.688. The Kier molecular flexibility index (Phi) is 3.17. The molecule has 0 aliphatic heterocycles. The van der Waals surface area contributed by atoms with Crippen LogP contribution in [0.1, 0.15) is 0 Å². The van der Waals surface area contributed by atoms with Gasteiger partial charge in [-0.1, -0.05) is 39.1 Å². The lowest BCUT2D eigenvalue weighted by atomic mass is 10.3. The molecule has 1 heterocycles. The van der Waals surface area contributed by atoms with Crippen LogP contribution in [0.5, 0.6) is 0 Å². The Labute approximate surface area is 128 Å². The monoisotopic (exact) mass is 355 g/mol. The molecule has 3 nitrogen and oxygen atoms in total. The van der Waals surface area contributed by atoms with E-state index in [1.807, 2.05) is 24.3 Å². The fourth-order valence-corrected chi connectivity index (χ4v) is 2.70. The van der Waals surface area contributed by atoms with E-state index in [0.717, 1.165) is 21.2 Å². The number of benzene rings is 2. The summed E-state index contributed by atoms with van der Waals surface area (Å²) in [4.78, 5) is 4.30. The maximum atomic E-state index is 6.24. The number of hydrogen-bond acceptors (Lipinski definition) is 2. The van der Waals surface area contributed by atoms with Gasteiger partial charge in [0.05, 0.1) is 21.7 Å². The molecule has 0 fully saturated rings. The molecule has 0 amide bonds. The van der Waals surface area contributed by atoms with Gasteiger partial charge in [-0.3, -0.25) is 4.57 Å². The summed E-state index contributed by atoms with van der Waals surface area (Å²) < 4.78 is 2.72. The number of imidazole rings is 1. The highest BCUT2D eigenvalue weighted by molar-refractivity contribution is 9.10. The van der Waals surface area contributed by atoms with Crippen molar-refractivity contribution >= 4 is 56.1 Å². The van der Waals surface area contributed by atoms with Gasteiger partial charge in [0.25, 0.3) is 0 Å². The average Bonchev–Trinajstić information content (AvgIpc) is 2.67. The largest absolute Gasteiger partial charge is 0.369 e. The lowest BCUT2D eigenvalue weighted by Gasteiger charge is -2.09. The molecule has 0 saturated heterocycles. The van der Waals surface area contributed by atoms with E-state index in [1.165, 1.54) is 0 Å². The lowest BCUT2D eigenvalue weighted by molar-refractivity contribution is 1.11. The first-order valence-electron chi connectivity index (χ1n) is 5.45. The van der Waals surface area contributed by atoms with E-state index >= 15 is 0 Å². The van der Waals surface area contributed by atoms with Gasteiger partial charge in [0.1, 0.15) is 0 Å². The van der Waals surface area contributed by atoms with Crippen molar-refractivity contribution in [1.29, 1.82) is 0 Å². The van der Waals surface area contributed by atoms with E-state index in [9.17, 15) is 0 Å². The minimum Gasteiger partial charge on any atom is -0.369 e. The number of nitrogens with two attached hydrogens (primary N) is 1. The second-order valence-electron chi connectivity index (χ2n) is 4.03. The van der Waals surface area contributed by atoms with Crippen LogP contribution in [0.3, 0.4) is 0 Å². The van der Waals surface area contributed by atoms with Gasteiger partial charge in [-0.2, -0.15) is 0 Å². The Morgan fingerprint density at radius 2 is 1.89 bits per heavy atom.